The first-order chi connectivity index (χ1) is 13.6. The fourth-order valence-electron chi connectivity index (χ4n) is 2.90. The van der Waals surface area contributed by atoms with Crippen LogP contribution in [-0.4, -0.2) is 39.7 Å². The maximum atomic E-state index is 12.8. The molecule has 0 atom stereocenters. The first-order valence-corrected chi connectivity index (χ1v) is 9.09. The minimum atomic E-state index is -0.487. The number of carbonyl (C=O) groups excluding carboxylic acids is 2. The van der Waals surface area contributed by atoms with Crippen molar-refractivity contribution < 1.29 is 9.59 Å². The van der Waals surface area contributed by atoms with Crippen LogP contribution >= 0.6 is 0 Å². The summed E-state index contributed by atoms with van der Waals surface area (Å²) in [5, 5.41) is 11.9. The smallest absolute Gasteiger partial charge is 0.292 e. The molecule has 0 radical (unpaired) electrons. The van der Waals surface area contributed by atoms with E-state index in [1.807, 2.05) is 6.07 Å². The fraction of sp³-hybridized carbons (Fsp3) is 0.238. The van der Waals surface area contributed by atoms with Crippen molar-refractivity contribution in [2.45, 2.75) is 19.8 Å². The van der Waals surface area contributed by atoms with Crippen LogP contribution in [0.2, 0.25) is 0 Å². The Morgan fingerprint density at radius 1 is 1.21 bits per heavy atom. The van der Waals surface area contributed by atoms with Crippen LogP contribution in [0.4, 0.5) is 5.69 Å². The van der Waals surface area contributed by atoms with Gasteiger partial charge in [0.05, 0.1) is 16.8 Å². The van der Waals surface area contributed by atoms with E-state index in [2.05, 4.69) is 17.2 Å². The molecule has 0 saturated heterocycles. The van der Waals surface area contributed by atoms with Crippen LogP contribution in [0.5, 0.6) is 0 Å². The van der Waals surface area contributed by atoms with Crippen LogP contribution in [0.3, 0.4) is 0 Å². The number of rotatable bonds is 6. The van der Waals surface area contributed by atoms with Crippen molar-refractivity contribution >= 4 is 23.0 Å². The van der Waals surface area contributed by atoms with Crippen molar-refractivity contribution in [2.75, 3.05) is 18.9 Å². The number of unbranched alkanes of at least 4 members (excludes halogenated alkanes) is 1. The molecule has 3 rings (SSSR count). The highest BCUT2D eigenvalue weighted by molar-refractivity contribution is 6.06. The molecule has 0 unspecified atom stereocenters. The molecule has 2 heterocycles. The first-order valence-electron chi connectivity index (χ1n) is 9.09. The monoisotopic (exact) mass is 375 g/mol. The fourth-order valence-corrected chi connectivity index (χ4v) is 2.90. The number of anilines is 1. The molecule has 0 aliphatic carbocycles. The van der Waals surface area contributed by atoms with Crippen LogP contribution in [0, 0.1) is 11.3 Å². The lowest BCUT2D eigenvalue weighted by atomic mass is 10.2. The van der Waals surface area contributed by atoms with E-state index in [0.717, 1.165) is 12.8 Å². The zero-order chi connectivity index (χ0) is 20.1. The maximum Gasteiger partial charge on any atom is 0.292 e. The first kappa shape index (κ1) is 19.1. The topological polar surface area (TPSA) is 90.5 Å². The van der Waals surface area contributed by atoms with Gasteiger partial charge in [-0.25, -0.2) is 4.98 Å². The third kappa shape index (κ3) is 3.71. The Hall–Kier alpha value is -3.66. The summed E-state index contributed by atoms with van der Waals surface area (Å²) in [7, 11) is 1.73. The Bertz CT molecular complexity index is 1060. The predicted molar refractivity (Wildman–Crippen MR) is 106 cm³/mol. The molecule has 0 fully saturated rings. The van der Waals surface area contributed by atoms with E-state index >= 15 is 0 Å². The van der Waals surface area contributed by atoms with Crippen LogP contribution in [0.1, 0.15) is 46.4 Å². The van der Waals surface area contributed by atoms with Gasteiger partial charge in [0, 0.05) is 19.8 Å². The van der Waals surface area contributed by atoms with Gasteiger partial charge < -0.3 is 10.2 Å². The summed E-state index contributed by atoms with van der Waals surface area (Å²) in [6.45, 7) is 2.68. The number of nitrogens with zero attached hydrogens (tertiary/aromatic N) is 4. The van der Waals surface area contributed by atoms with E-state index in [1.165, 1.54) is 0 Å². The zero-order valence-electron chi connectivity index (χ0n) is 15.8. The number of nitrogens with one attached hydrogen (secondary N) is 1. The van der Waals surface area contributed by atoms with Crippen LogP contribution in [0.15, 0.2) is 48.7 Å². The average molecular weight is 375 g/mol. The quantitative estimate of drug-likeness (QED) is 0.715. The second-order valence-electron chi connectivity index (χ2n) is 6.43. The lowest BCUT2D eigenvalue weighted by Crippen LogP contribution is -2.28. The lowest BCUT2D eigenvalue weighted by molar-refractivity contribution is 0.0790. The van der Waals surface area contributed by atoms with Gasteiger partial charge in [-0.1, -0.05) is 31.5 Å². The third-order valence-electron chi connectivity index (χ3n) is 4.44. The molecule has 142 valence electrons. The normalized spacial score (nSPS) is 10.5. The summed E-state index contributed by atoms with van der Waals surface area (Å²) in [6, 6.07) is 14.1. The van der Waals surface area contributed by atoms with Gasteiger partial charge in [0.15, 0.2) is 5.69 Å². The highest BCUT2D eigenvalue weighted by Gasteiger charge is 2.23. The Balaban J connectivity index is 1.97. The molecule has 0 aliphatic rings. The van der Waals surface area contributed by atoms with Gasteiger partial charge >= 0.3 is 0 Å². The van der Waals surface area contributed by atoms with Gasteiger partial charge in [-0.2, -0.15) is 5.26 Å². The van der Waals surface area contributed by atoms with E-state index < -0.39 is 5.91 Å². The van der Waals surface area contributed by atoms with Gasteiger partial charge in [0.2, 0.25) is 5.82 Å². The number of fused-ring (bicyclic) bond motifs is 1. The molecule has 0 saturated carbocycles. The van der Waals surface area contributed by atoms with Crippen molar-refractivity contribution in [2.24, 2.45) is 0 Å². The number of carbonyl (C=O) groups is 2. The average Bonchev–Trinajstić information content (AvgIpc) is 3.11. The zero-order valence-corrected chi connectivity index (χ0v) is 15.8. The van der Waals surface area contributed by atoms with Gasteiger partial charge in [-0.3, -0.25) is 14.0 Å². The molecule has 2 amide bonds. The van der Waals surface area contributed by atoms with Crippen molar-refractivity contribution in [1.29, 1.82) is 5.26 Å². The number of amides is 2. The van der Waals surface area contributed by atoms with E-state index in [0.29, 0.717) is 23.3 Å². The molecule has 0 spiro atoms. The Labute approximate surface area is 163 Å². The summed E-state index contributed by atoms with van der Waals surface area (Å²) < 4.78 is 1.59. The summed E-state index contributed by atoms with van der Waals surface area (Å²) >= 11 is 0. The number of hydrogen-bond donors (Lipinski definition) is 1. The van der Waals surface area contributed by atoms with E-state index in [9.17, 15) is 14.9 Å². The van der Waals surface area contributed by atoms with Crippen LogP contribution < -0.4 is 5.32 Å². The molecule has 2 aromatic heterocycles. The number of para-hydroxylation sites is 1. The lowest BCUT2D eigenvalue weighted by Gasteiger charge is -2.15. The summed E-state index contributed by atoms with van der Waals surface area (Å²) in [6.07, 6.45) is 3.57. The number of benzene rings is 1. The van der Waals surface area contributed by atoms with E-state index in [1.54, 1.807) is 65.0 Å². The molecule has 3 aromatic rings. The second kappa shape index (κ2) is 8.35. The number of hydrogen-bond acceptors (Lipinski definition) is 4. The van der Waals surface area contributed by atoms with Crippen molar-refractivity contribution in [3.8, 4) is 6.07 Å². The SMILES string of the molecule is CCCCN(C)C(=O)c1nc(C(=O)Nc2ccccc2C#N)n2ccccc12. The van der Waals surface area contributed by atoms with Gasteiger partial charge in [-0.05, 0) is 30.7 Å². The number of nitriles is 1. The Morgan fingerprint density at radius 2 is 1.96 bits per heavy atom. The predicted octanol–water partition coefficient (Wildman–Crippen LogP) is 3.33. The largest absolute Gasteiger partial charge is 0.340 e. The van der Waals surface area contributed by atoms with Gasteiger partial charge in [0.25, 0.3) is 11.8 Å². The highest BCUT2D eigenvalue weighted by Crippen LogP contribution is 2.18. The van der Waals surface area contributed by atoms with Crippen LogP contribution in [0.25, 0.3) is 5.52 Å². The number of pyridine rings is 1. The molecule has 0 bridgehead atoms. The standard InChI is InChI=1S/C21H21N5O2/c1-3-4-12-25(2)21(28)18-17-11-7-8-13-26(17)19(24-18)20(27)23-16-10-6-5-9-15(16)14-22/h5-11,13H,3-4,12H2,1-2H3,(H,23,27). The minimum Gasteiger partial charge on any atom is -0.340 e. The summed E-state index contributed by atoms with van der Waals surface area (Å²) in [5.74, 6) is -0.622. The van der Waals surface area contributed by atoms with Gasteiger partial charge in [0.1, 0.15) is 6.07 Å². The number of aromatic nitrogens is 2. The molecule has 7 nitrogen and oxygen atoms in total. The molecular formula is C21H21N5O2. The van der Waals surface area contributed by atoms with E-state index in [-0.39, 0.29) is 17.4 Å². The third-order valence-corrected chi connectivity index (χ3v) is 4.44. The van der Waals surface area contributed by atoms with Gasteiger partial charge in [-0.15, -0.1) is 0 Å². The highest BCUT2D eigenvalue weighted by atomic mass is 16.2. The summed E-state index contributed by atoms with van der Waals surface area (Å²) in [5.41, 5.74) is 1.55. The molecule has 0 aliphatic heterocycles. The molecule has 28 heavy (non-hydrogen) atoms. The molecular weight excluding hydrogens is 354 g/mol. The molecule has 1 N–H and O–H groups in total. The Morgan fingerprint density at radius 3 is 2.71 bits per heavy atom. The minimum absolute atomic E-state index is 0.0931. The van der Waals surface area contributed by atoms with Crippen LogP contribution in [-0.2, 0) is 0 Å². The molecule has 7 heteroatoms. The number of imidazole rings is 1. The maximum absolute atomic E-state index is 12.8. The van der Waals surface area contributed by atoms with Crippen molar-refractivity contribution in [1.82, 2.24) is 14.3 Å². The molecule has 1 aromatic carbocycles. The van der Waals surface area contributed by atoms with Crippen molar-refractivity contribution in [3.05, 3.63) is 65.7 Å². The summed E-state index contributed by atoms with van der Waals surface area (Å²) in [4.78, 5) is 31.6. The van der Waals surface area contributed by atoms with E-state index in [4.69, 9.17) is 0 Å². The second-order valence-corrected chi connectivity index (χ2v) is 6.43. The van der Waals surface area contributed by atoms with Crippen molar-refractivity contribution in [3.63, 3.8) is 0 Å². The Kier molecular flexibility index (Phi) is 5.70.